The van der Waals surface area contributed by atoms with Crippen molar-refractivity contribution in [1.82, 2.24) is 10.1 Å². The highest BCUT2D eigenvalue weighted by Gasteiger charge is 2.09. The first-order chi connectivity index (χ1) is 8.69. The predicted octanol–water partition coefficient (Wildman–Crippen LogP) is 3.03. The molecule has 2 N–H and O–H groups in total. The second kappa shape index (κ2) is 6.11. The number of hydrogen-bond acceptors (Lipinski definition) is 4. The van der Waals surface area contributed by atoms with Gasteiger partial charge in [-0.3, -0.25) is 0 Å². The molecule has 0 spiro atoms. The van der Waals surface area contributed by atoms with Gasteiger partial charge in [0.25, 0.3) is 0 Å². The molecule has 1 atom stereocenters. The van der Waals surface area contributed by atoms with Crippen LogP contribution in [0, 0.1) is 5.92 Å². The zero-order valence-electron chi connectivity index (χ0n) is 10.3. The van der Waals surface area contributed by atoms with Crippen LogP contribution < -0.4 is 5.73 Å². The molecule has 2 aromatic rings. The molecule has 1 unspecified atom stereocenters. The first kappa shape index (κ1) is 13.2. The molecule has 0 amide bonds. The average molecular weight is 310 g/mol. The van der Waals surface area contributed by atoms with Crippen molar-refractivity contribution in [3.63, 3.8) is 0 Å². The van der Waals surface area contributed by atoms with Crippen molar-refractivity contribution < 1.29 is 4.52 Å². The summed E-state index contributed by atoms with van der Waals surface area (Å²) in [7, 11) is 0. The molecule has 4 nitrogen and oxygen atoms in total. The summed E-state index contributed by atoms with van der Waals surface area (Å²) in [6, 6.07) is 7.84. The second-order valence-corrected chi connectivity index (χ2v) is 5.31. The highest BCUT2D eigenvalue weighted by atomic mass is 79.9. The van der Waals surface area contributed by atoms with E-state index in [-0.39, 0.29) is 0 Å². The summed E-state index contributed by atoms with van der Waals surface area (Å²) >= 11 is 3.40. The second-order valence-electron chi connectivity index (χ2n) is 4.40. The van der Waals surface area contributed by atoms with Crippen molar-refractivity contribution in [3.05, 3.63) is 34.6 Å². The first-order valence-corrected chi connectivity index (χ1v) is 6.77. The van der Waals surface area contributed by atoms with Crippen molar-refractivity contribution >= 4 is 15.9 Å². The SMILES string of the molecule is CC(CN)CCc1nc(-c2ccc(Br)cc2)no1. The summed E-state index contributed by atoms with van der Waals surface area (Å²) in [5.41, 5.74) is 6.53. The Morgan fingerprint density at radius 2 is 2.06 bits per heavy atom. The molecule has 0 bridgehead atoms. The lowest BCUT2D eigenvalue weighted by Crippen LogP contribution is -2.11. The van der Waals surface area contributed by atoms with Gasteiger partial charge in [-0.15, -0.1) is 0 Å². The van der Waals surface area contributed by atoms with Crippen molar-refractivity contribution in [3.8, 4) is 11.4 Å². The molecule has 1 aromatic carbocycles. The molecule has 0 saturated carbocycles. The van der Waals surface area contributed by atoms with Gasteiger partial charge >= 0.3 is 0 Å². The molecule has 2 rings (SSSR count). The quantitative estimate of drug-likeness (QED) is 0.922. The zero-order valence-corrected chi connectivity index (χ0v) is 11.9. The average Bonchev–Trinajstić information content (AvgIpc) is 2.85. The Labute approximate surface area is 115 Å². The van der Waals surface area contributed by atoms with E-state index in [2.05, 4.69) is 33.0 Å². The molecule has 0 aliphatic rings. The summed E-state index contributed by atoms with van der Waals surface area (Å²) in [4.78, 5) is 4.38. The largest absolute Gasteiger partial charge is 0.339 e. The van der Waals surface area contributed by atoms with Gasteiger partial charge in [0.1, 0.15) is 0 Å². The van der Waals surface area contributed by atoms with Crippen LogP contribution in [-0.4, -0.2) is 16.7 Å². The number of nitrogens with two attached hydrogens (primary N) is 1. The molecular formula is C13H16BrN3O. The molecular weight excluding hydrogens is 294 g/mol. The van der Waals surface area contributed by atoms with Gasteiger partial charge in [-0.05, 0) is 43.1 Å². The normalized spacial score (nSPS) is 12.6. The van der Waals surface area contributed by atoms with Crippen LogP contribution in [0.5, 0.6) is 0 Å². The van der Waals surface area contributed by atoms with E-state index in [9.17, 15) is 0 Å². The Morgan fingerprint density at radius 1 is 1.33 bits per heavy atom. The van der Waals surface area contributed by atoms with Gasteiger partial charge in [0, 0.05) is 16.5 Å². The van der Waals surface area contributed by atoms with Crippen LogP contribution >= 0.6 is 15.9 Å². The Balaban J connectivity index is 2.03. The van der Waals surface area contributed by atoms with E-state index in [4.69, 9.17) is 10.3 Å². The number of aromatic nitrogens is 2. The van der Waals surface area contributed by atoms with Crippen LogP contribution in [0.25, 0.3) is 11.4 Å². The molecule has 1 heterocycles. The Bertz CT molecular complexity index is 495. The lowest BCUT2D eigenvalue weighted by atomic mass is 10.1. The van der Waals surface area contributed by atoms with E-state index in [1.165, 1.54) is 0 Å². The molecule has 96 valence electrons. The lowest BCUT2D eigenvalue weighted by molar-refractivity contribution is 0.366. The molecule has 18 heavy (non-hydrogen) atoms. The van der Waals surface area contributed by atoms with Gasteiger partial charge in [0.15, 0.2) is 0 Å². The third-order valence-electron chi connectivity index (χ3n) is 2.82. The van der Waals surface area contributed by atoms with Crippen molar-refractivity contribution in [2.24, 2.45) is 11.7 Å². The molecule has 5 heteroatoms. The first-order valence-electron chi connectivity index (χ1n) is 5.97. The fourth-order valence-corrected chi connectivity index (χ4v) is 1.82. The number of benzene rings is 1. The topological polar surface area (TPSA) is 64.9 Å². The molecule has 1 aromatic heterocycles. The number of aryl methyl sites for hydroxylation is 1. The minimum atomic E-state index is 0.480. The maximum atomic E-state index is 5.58. The van der Waals surface area contributed by atoms with Crippen LogP contribution in [-0.2, 0) is 6.42 Å². The van der Waals surface area contributed by atoms with Crippen LogP contribution in [0.4, 0.5) is 0 Å². The lowest BCUT2D eigenvalue weighted by Gasteiger charge is -2.03. The number of hydrogen-bond donors (Lipinski definition) is 1. The van der Waals surface area contributed by atoms with Crippen LogP contribution in [0.2, 0.25) is 0 Å². The van der Waals surface area contributed by atoms with Gasteiger partial charge in [-0.2, -0.15) is 4.98 Å². The Morgan fingerprint density at radius 3 is 2.72 bits per heavy atom. The number of nitrogens with zero attached hydrogens (tertiary/aromatic N) is 2. The minimum Gasteiger partial charge on any atom is -0.339 e. The standard InChI is InChI=1S/C13H16BrN3O/c1-9(8-15)2-7-12-16-13(17-18-12)10-3-5-11(14)6-4-10/h3-6,9H,2,7-8,15H2,1H3. The van der Waals surface area contributed by atoms with Gasteiger partial charge < -0.3 is 10.3 Å². The summed E-state index contributed by atoms with van der Waals surface area (Å²) in [5.74, 6) is 1.79. The summed E-state index contributed by atoms with van der Waals surface area (Å²) in [5, 5.41) is 3.99. The van der Waals surface area contributed by atoms with Crippen molar-refractivity contribution in [2.45, 2.75) is 19.8 Å². The highest BCUT2D eigenvalue weighted by molar-refractivity contribution is 9.10. The van der Waals surface area contributed by atoms with Crippen LogP contribution in [0.1, 0.15) is 19.2 Å². The molecule has 0 fully saturated rings. The number of rotatable bonds is 5. The zero-order chi connectivity index (χ0) is 13.0. The highest BCUT2D eigenvalue weighted by Crippen LogP contribution is 2.19. The van der Waals surface area contributed by atoms with Gasteiger partial charge in [-0.1, -0.05) is 28.0 Å². The third kappa shape index (κ3) is 3.40. The summed E-state index contributed by atoms with van der Waals surface area (Å²) in [6.07, 6.45) is 1.75. The van der Waals surface area contributed by atoms with E-state index < -0.39 is 0 Å². The fourth-order valence-electron chi connectivity index (χ4n) is 1.56. The van der Waals surface area contributed by atoms with Gasteiger partial charge in [0.05, 0.1) is 0 Å². The van der Waals surface area contributed by atoms with E-state index in [0.717, 1.165) is 22.9 Å². The van der Waals surface area contributed by atoms with E-state index in [0.29, 0.717) is 24.2 Å². The van der Waals surface area contributed by atoms with Crippen molar-refractivity contribution in [1.29, 1.82) is 0 Å². The van der Waals surface area contributed by atoms with E-state index >= 15 is 0 Å². The summed E-state index contributed by atoms with van der Waals surface area (Å²) in [6.45, 7) is 2.81. The minimum absolute atomic E-state index is 0.480. The Kier molecular flexibility index (Phi) is 4.49. The van der Waals surface area contributed by atoms with Crippen LogP contribution in [0.3, 0.4) is 0 Å². The summed E-state index contributed by atoms with van der Waals surface area (Å²) < 4.78 is 6.26. The van der Waals surface area contributed by atoms with Gasteiger partial charge in [-0.25, -0.2) is 0 Å². The van der Waals surface area contributed by atoms with Gasteiger partial charge in [0.2, 0.25) is 11.7 Å². The number of halogens is 1. The maximum Gasteiger partial charge on any atom is 0.226 e. The molecule has 0 saturated heterocycles. The van der Waals surface area contributed by atoms with Crippen molar-refractivity contribution in [2.75, 3.05) is 6.54 Å². The third-order valence-corrected chi connectivity index (χ3v) is 3.35. The monoisotopic (exact) mass is 309 g/mol. The molecule has 0 aliphatic heterocycles. The van der Waals surface area contributed by atoms with E-state index in [1.807, 2.05) is 24.3 Å². The predicted molar refractivity (Wildman–Crippen MR) is 74.0 cm³/mol. The fraction of sp³-hybridized carbons (Fsp3) is 0.385. The van der Waals surface area contributed by atoms with Crippen LogP contribution in [0.15, 0.2) is 33.3 Å². The molecule has 0 aliphatic carbocycles. The maximum absolute atomic E-state index is 5.58. The Hall–Kier alpha value is -1.20. The molecule has 0 radical (unpaired) electrons. The van der Waals surface area contributed by atoms with E-state index in [1.54, 1.807) is 0 Å². The smallest absolute Gasteiger partial charge is 0.226 e.